The maximum atomic E-state index is 9.53. The van der Waals surface area contributed by atoms with Crippen LogP contribution in [0.5, 0.6) is 0 Å². The van der Waals surface area contributed by atoms with Crippen LogP contribution in [-0.4, -0.2) is 0 Å². The molecule has 0 aliphatic heterocycles. The van der Waals surface area contributed by atoms with Crippen molar-refractivity contribution in [1.29, 1.82) is 21.0 Å². The lowest BCUT2D eigenvalue weighted by Crippen LogP contribution is -2.10. The first kappa shape index (κ1) is 27.7. The molecule has 0 unspecified atom stereocenters. The van der Waals surface area contributed by atoms with E-state index in [0.29, 0.717) is 22.3 Å². The molecule has 0 aliphatic rings. The molecule has 212 valence electrons. The summed E-state index contributed by atoms with van der Waals surface area (Å²) in [6.07, 6.45) is 0. The van der Waals surface area contributed by atoms with Gasteiger partial charge in [0.2, 0.25) is 0 Å². The van der Waals surface area contributed by atoms with Gasteiger partial charge in [-0.05, 0) is 82.9 Å². The Morgan fingerprint density at radius 3 is 1.43 bits per heavy atom. The number of hydrogen-bond acceptors (Lipinski definition) is 6. The van der Waals surface area contributed by atoms with Crippen LogP contribution >= 0.6 is 0 Å². The number of benzene rings is 6. The van der Waals surface area contributed by atoms with Crippen LogP contribution < -0.4 is 4.90 Å². The number of nitriles is 4. The maximum Gasteiger partial charge on any atom is 0.159 e. The molecule has 0 bridgehead atoms. The molecule has 6 aromatic carbocycles. The molecule has 0 amide bonds. The molecule has 0 N–H and O–H groups in total. The summed E-state index contributed by atoms with van der Waals surface area (Å²) in [5.41, 5.74) is 9.10. The Bertz CT molecular complexity index is 2340. The van der Waals surface area contributed by atoms with E-state index in [1.54, 1.807) is 24.3 Å². The molecule has 0 atom stereocenters. The number of para-hydroxylation sites is 2. The van der Waals surface area contributed by atoms with Crippen LogP contribution in [0.15, 0.2) is 132 Å². The minimum Gasteiger partial charge on any atom is -0.454 e. The standard InChI is InChI=1S/C40H21N5O/c41-22-30-10-8-28(20-32(30)24-43)26-12-16-34(17-13-26)45(38-6-3-5-37-36-4-1-2-7-39(36)46-40(37)38)35-18-14-27(15-19-35)29-9-11-31(23-42)33(21-29)25-44/h1-21H. The predicted molar refractivity (Wildman–Crippen MR) is 178 cm³/mol. The Morgan fingerprint density at radius 2 is 0.913 bits per heavy atom. The Morgan fingerprint density at radius 1 is 0.435 bits per heavy atom. The first-order valence-electron chi connectivity index (χ1n) is 14.4. The van der Waals surface area contributed by atoms with Crippen molar-refractivity contribution in [2.45, 2.75) is 0 Å². The van der Waals surface area contributed by atoms with Crippen molar-refractivity contribution in [3.63, 3.8) is 0 Å². The van der Waals surface area contributed by atoms with Gasteiger partial charge in [0.1, 0.15) is 29.9 Å². The molecule has 0 aliphatic carbocycles. The quantitative estimate of drug-likeness (QED) is 0.198. The molecule has 0 fully saturated rings. The molecule has 0 saturated heterocycles. The zero-order valence-corrected chi connectivity index (χ0v) is 24.3. The van der Waals surface area contributed by atoms with E-state index in [-0.39, 0.29) is 0 Å². The van der Waals surface area contributed by atoms with Gasteiger partial charge in [-0.1, -0.05) is 66.7 Å². The Hall–Kier alpha value is -7.12. The fraction of sp³-hybridized carbons (Fsp3) is 0. The third-order valence-electron chi connectivity index (χ3n) is 8.06. The van der Waals surface area contributed by atoms with Crippen LogP contribution in [-0.2, 0) is 0 Å². The molecule has 1 heterocycles. The van der Waals surface area contributed by atoms with Crippen molar-refractivity contribution in [1.82, 2.24) is 0 Å². The molecule has 46 heavy (non-hydrogen) atoms. The van der Waals surface area contributed by atoms with Crippen molar-refractivity contribution in [2.24, 2.45) is 0 Å². The highest BCUT2D eigenvalue weighted by Crippen LogP contribution is 2.42. The van der Waals surface area contributed by atoms with Crippen LogP contribution in [0.25, 0.3) is 44.2 Å². The molecular weight excluding hydrogens is 566 g/mol. The van der Waals surface area contributed by atoms with Gasteiger partial charge in [-0.3, -0.25) is 0 Å². The van der Waals surface area contributed by atoms with Gasteiger partial charge in [0.05, 0.1) is 27.9 Å². The summed E-state index contributed by atoms with van der Waals surface area (Å²) < 4.78 is 6.43. The zero-order chi connectivity index (χ0) is 31.6. The first-order valence-corrected chi connectivity index (χ1v) is 14.4. The smallest absolute Gasteiger partial charge is 0.159 e. The van der Waals surface area contributed by atoms with Crippen LogP contribution in [0.2, 0.25) is 0 Å². The molecule has 1 aromatic heterocycles. The number of furan rings is 1. The van der Waals surface area contributed by atoms with Gasteiger partial charge in [0, 0.05) is 22.1 Å². The van der Waals surface area contributed by atoms with Gasteiger partial charge >= 0.3 is 0 Å². The highest BCUT2D eigenvalue weighted by molar-refractivity contribution is 6.10. The summed E-state index contributed by atoms with van der Waals surface area (Å²) >= 11 is 0. The van der Waals surface area contributed by atoms with Crippen molar-refractivity contribution in [2.75, 3.05) is 4.90 Å². The van der Waals surface area contributed by atoms with Crippen LogP contribution in [0.1, 0.15) is 22.3 Å². The number of hydrogen-bond donors (Lipinski definition) is 0. The van der Waals surface area contributed by atoms with Crippen LogP contribution in [0, 0.1) is 45.3 Å². The molecule has 0 spiro atoms. The Labute approximate surface area is 265 Å². The minimum atomic E-state index is 0.339. The number of nitrogens with zero attached hydrogens (tertiary/aromatic N) is 5. The largest absolute Gasteiger partial charge is 0.454 e. The normalized spacial score (nSPS) is 10.5. The third kappa shape index (κ3) is 4.76. The van der Waals surface area contributed by atoms with Crippen molar-refractivity contribution in [3.8, 4) is 46.5 Å². The van der Waals surface area contributed by atoms with Crippen molar-refractivity contribution >= 4 is 39.0 Å². The van der Waals surface area contributed by atoms with E-state index in [1.165, 1.54) is 0 Å². The second kappa shape index (κ2) is 11.5. The van der Waals surface area contributed by atoms with Crippen molar-refractivity contribution in [3.05, 3.63) is 150 Å². The van der Waals surface area contributed by atoms with Gasteiger partial charge in [0.15, 0.2) is 5.58 Å². The monoisotopic (exact) mass is 587 g/mol. The summed E-state index contributed by atoms with van der Waals surface area (Å²) in [4.78, 5) is 2.14. The summed E-state index contributed by atoms with van der Waals surface area (Å²) in [7, 11) is 0. The topological polar surface area (TPSA) is 112 Å². The summed E-state index contributed by atoms with van der Waals surface area (Å²) in [5.74, 6) is 0. The Balaban J connectivity index is 1.35. The van der Waals surface area contributed by atoms with Gasteiger partial charge in [-0.15, -0.1) is 0 Å². The second-order valence-electron chi connectivity index (χ2n) is 10.6. The summed E-state index contributed by atoms with van der Waals surface area (Å²) in [6, 6.07) is 49.1. The van der Waals surface area contributed by atoms with Gasteiger partial charge in [-0.25, -0.2) is 0 Å². The number of rotatable bonds is 5. The van der Waals surface area contributed by atoms with E-state index in [9.17, 15) is 21.0 Å². The zero-order valence-electron chi connectivity index (χ0n) is 24.3. The van der Waals surface area contributed by atoms with E-state index >= 15 is 0 Å². The van der Waals surface area contributed by atoms with E-state index < -0.39 is 0 Å². The highest BCUT2D eigenvalue weighted by Gasteiger charge is 2.19. The molecule has 7 rings (SSSR count). The van der Waals surface area contributed by atoms with Crippen LogP contribution in [0.3, 0.4) is 0 Å². The van der Waals surface area contributed by atoms with Crippen molar-refractivity contribution < 1.29 is 4.42 Å². The predicted octanol–water partition coefficient (Wildman–Crippen LogP) is 9.88. The lowest BCUT2D eigenvalue weighted by Gasteiger charge is -2.26. The van der Waals surface area contributed by atoms with Gasteiger partial charge in [0.25, 0.3) is 0 Å². The average molecular weight is 588 g/mol. The second-order valence-corrected chi connectivity index (χ2v) is 10.6. The SMILES string of the molecule is N#Cc1ccc(-c2ccc(N(c3ccc(-c4ccc(C#N)c(C#N)c4)cc3)c3cccc4c3oc3ccccc34)cc2)cc1C#N. The molecule has 0 saturated carbocycles. The lowest BCUT2D eigenvalue weighted by molar-refractivity contribution is 0.669. The summed E-state index contributed by atoms with van der Waals surface area (Å²) in [5, 5.41) is 39.8. The molecular formula is C40H21N5O. The highest BCUT2D eigenvalue weighted by atomic mass is 16.3. The fourth-order valence-electron chi connectivity index (χ4n) is 5.77. The maximum absolute atomic E-state index is 9.53. The lowest BCUT2D eigenvalue weighted by atomic mass is 9.99. The average Bonchev–Trinajstić information content (AvgIpc) is 3.51. The van der Waals surface area contributed by atoms with E-state index in [1.807, 2.05) is 91.0 Å². The first-order chi connectivity index (χ1) is 22.6. The fourth-order valence-corrected chi connectivity index (χ4v) is 5.77. The van der Waals surface area contributed by atoms with Crippen LogP contribution in [0.4, 0.5) is 17.1 Å². The molecule has 0 radical (unpaired) electrons. The van der Waals surface area contributed by atoms with E-state index in [4.69, 9.17) is 4.42 Å². The minimum absolute atomic E-state index is 0.339. The number of fused-ring (bicyclic) bond motifs is 3. The number of anilines is 3. The molecule has 6 heteroatoms. The summed E-state index contributed by atoms with van der Waals surface area (Å²) in [6.45, 7) is 0. The van der Waals surface area contributed by atoms with Gasteiger partial charge < -0.3 is 9.32 Å². The van der Waals surface area contributed by atoms with E-state index in [0.717, 1.165) is 61.3 Å². The van der Waals surface area contributed by atoms with E-state index in [2.05, 4.69) is 41.3 Å². The third-order valence-corrected chi connectivity index (χ3v) is 8.06. The molecule has 7 aromatic rings. The Kier molecular flexibility index (Phi) is 6.94. The van der Waals surface area contributed by atoms with Gasteiger partial charge in [-0.2, -0.15) is 21.0 Å². The molecule has 6 nitrogen and oxygen atoms in total.